The number of hydrogen-bond donors (Lipinski definition) is 1. The van der Waals surface area contributed by atoms with Crippen molar-refractivity contribution in [2.24, 2.45) is 11.8 Å². The SMILES string of the molecule is CCCC(C)C(CNC(C)(C)C)Cc1ccc(C)cc1. The summed E-state index contributed by atoms with van der Waals surface area (Å²) in [5.74, 6) is 1.49. The van der Waals surface area contributed by atoms with E-state index < -0.39 is 0 Å². The summed E-state index contributed by atoms with van der Waals surface area (Å²) in [6.07, 6.45) is 3.79. The van der Waals surface area contributed by atoms with Gasteiger partial charge in [-0.15, -0.1) is 0 Å². The molecule has 0 radical (unpaired) electrons. The standard InChI is InChI=1S/C19H33N/c1-7-8-16(3)18(14-20-19(4,5)6)13-17-11-9-15(2)10-12-17/h9-12,16,18,20H,7-8,13-14H2,1-6H3. The van der Waals surface area contributed by atoms with E-state index in [1.807, 2.05) is 0 Å². The molecular weight excluding hydrogens is 242 g/mol. The molecule has 20 heavy (non-hydrogen) atoms. The van der Waals surface area contributed by atoms with Crippen LogP contribution >= 0.6 is 0 Å². The fraction of sp³-hybridized carbons (Fsp3) is 0.684. The molecule has 0 aliphatic carbocycles. The molecule has 114 valence electrons. The number of hydrogen-bond acceptors (Lipinski definition) is 1. The lowest BCUT2D eigenvalue weighted by Crippen LogP contribution is -2.41. The van der Waals surface area contributed by atoms with E-state index in [0.29, 0.717) is 0 Å². The summed E-state index contributed by atoms with van der Waals surface area (Å²) in [5.41, 5.74) is 3.02. The maximum atomic E-state index is 3.69. The molecular formula is C19H33N. The Hall–Kier alpha value is -0.820. The molecule has 0 heterocycles. The highest BCUT2D eigenvalue weighted by Gasteiger charge is 2.19. The quantitative estimate of drug-likeness (QED) is 0.740. The molecule has 0 fully saturated rings. The minimum absolute atomic E-state index is 0.206. The Morgan fingerprint density at radius 1 is 1.10 bits per heavy atom. The van der Waals surface area contributed by atoms with Crippen LogP contribution in [0.2, 0.25) is 0 Å². The van der Waals surface area contributed by atoms with Crippen LogP contribution in [0.15, 0.2) is 24.3 Å². The first-order valence-corrected chi connectivity index (χ1v) is 8.12. The van der Waals surface area contributed by atoms with Crippen LogP contribution < -0.4 is 5.32 Å². The normalized spacial score (nSPS) is 15.1. The van der Waals surface area contributed by atoms with Gasteiger partial charge in [0, 0.05) is 5.54 Å². The summed E-state index contributed by atoms with van der Waals surface area (Å²) in [5, 5.41) is 3.69. The molecule has 0 aromatic heterocycles. The highest BCUT2D eigenvalue weighted by molar-refractivity contribution is 5.21. The minimum Gasteiger partial charge on any atom is -0.312 e. The third-order valence-electron chi connectivity index (χ3n) is 4.06. The first kappa shape index (κ1) is 17.2. The van der Waals surface area contributed by atoms with Crippen LogP contribution in [0.3, 0.4) is 0 Å². The molecule has 0 aliphatic heterocycles. The molecule has 1 nitrogen and oxygen atoms in total. The van der Waals surface area contributed by atoms with Crippen molar-refractivity contribution >= 4 is 0 Å². The zero-order valence-corrected chi connectivity index (χ0v) is 14.3. The van der Waals surface area contributed by atoms with Gasteiger partial charge in [0.15, 0.2) is 0 Å². The van der Waals surface area contributed by atoms with Crippen molar-refractivity contribution in [3.05, 3.63) is 35.4 Å². The second kappa shape index (κ2) is 7.83. The molecule has 2 atom stereocenters. The average molecular weight is 275 g/mol. The molecule has 0 saturated carbocycles. The fourth-order valence-corrected chi connectivity index (χ4v) is 2.63. The Bertz CT molecular complexity index is 372. The van der Waals surface area contributed by atoms with Gasteiger partial charge in [0.1, 0.15) is 0 Å². The van der Waals surface area contributed by atoms with Gasteiger partial charge in [0.05, 0.1) is 0 Å². The summed E-state index contributed by atoms with van der Waals surface area (Å²) in [6.45, 7) is 14.7. The molecule has 1 aromatic carbocycles. The highest BCUT2D eigenvalue weighted by atomic mass is 14.9. The van der Waals surface area contributed by atoms with Gasteiger partial charge in [0.25, 0.3) is 0 Å². The van der Waals surface area contributed by atoms with Gasteiger partial charge in [-0.05, 0) is 58.1 Å². The first-order valence-electron chi connectivity index (χ1n) is 8.12. The molecule has 0 aliphatic rings. The Morgan fingerprint density at radius 3 is 2.20 bits per heavy atom. The number of nitrogens with one attached hydrogen (secondary N) is 1. The Balaban J connectivity index is 2.68. The van der Waals surface area contributed by atoms with Crippen molar-refractivity contribution in [3.8, 4) is 0 Å². The first-order chi connectivity index (χ1) is 9.31. The van der Waals surface area contributed by atoms with Crippen LogP contribution in [-0.4, -0.2) is 12.1 Å². The molecule has 0 bridgehead atoms. The van der Waals surface area contributed by atoms with Gasteiger partial charge >= 0.3 is 0 Å². The van der Waals surface area contributed by atoms with Crippen LogP contribution in [0.5, 0.6) is 0 Å². The summed E-state index contributed by atoms with van der Waals surface area (Å²) in [4.78, 5) is 0. The number of aryl methyl sites for hydroxylation is 1. The lowest BCUT2D eigenvalue weighted by atomic mass is 9.84. The maximum absolute atomic E-state index is 3.69. The van der Waals surface area contributed by atoms with E-state index in [1.165, 1.54) is 30.4 Å². The lowest BCUT2D eigenvalue weighted by Gasteiger charge is -2.29. The van der Waals surface area contributed by atoms with Crippen molar-refractivity contribution in [2.75, 3.05) is 6.54 Å². The van der Waals surface area contributed by atoms with Crippen molar-refractivity contribution in [3.63, 3.8) is 0 Å². The predicted octanol–water partition coefficient (Wildman–Crippen LogP) is 4.98. The van der Waals surface area contributed by atoms with Crippen LogP contribution in [0.1, 0.15) is 58.6 Å². The minimum atomic E-state index is 0.206. The van der Waals surface area contributed by atoms with E-state index in [2.05, 4.69) is 71.1 Å². The lowest BCUT2D eigenvalue weighted by molar-refractivity contribution is 0.285. The Labute approximate surface area is 126 Å². The average Bonchev–Trinajstić information content (AvgIpc) is 2.36. The molecule has 2 unspecified atom stereocenters. The number of rotatable bonds is 7. The molecule has 0 spiro atoms. The second-order valence-corrected chi connectivity index (χ2v) is 7.35. The molecule has 1 aromatic rings. The van der Waals surface area contributed by atoms with Crippen LogP contribution in [-0.2, 0) is 6.42 Å². The third kappa shape index (κ3) is 6.56. The van der Waals surface area contributed by atoms with Crippen molar-refractivity contribution in [1.82, 2.24) is 5.32 Å². The molecule has 0 saturated heterocycles. The van der Waals surface area contributed by atoms with E-state index in [4.69, 9.17) is 0 Å². The van der Waals surface area contributed by atoms with Crippen LogP contribution in [0.4, 0.5) is 0 Å². The van der Waals surface area contributed by atoms with Crippen molar-refractivity contribution < 1.29 is 0 Å². The van der Waals surface area contributed by atoms with Crippen LogP contribution in [0, 0.1) is 18.8 Å². The monoisotopic (exact) mass is 275 g/mol. The zero-order valence-electron chi connectivity index (χ0n) is 14.3. The molecule has 0 amide bonds. The maximum Gasteiger partial charge on any atom is 0.00966 e. The van der Waals surface area contributed by atoms with Gasteiger partial charge in [-0.2, -0.15) is 0 Å². The molecule has 1 heteroatoms. The van der Waals surface area contributed by atoms with E-state index >= 15 is 0 Å². The summed E-state index contributed by atoms with van der Waals surface area (Å²) in [7, 11) is 0. The smallest absolute Gasteiger partial charge is 0.00966 e. The highest BCUT2D eigenvalue weighted by Crippen LogP contribution is 2.22. The largest absolute Gasteiger partial charge is 0.312 e. The topological polar surface area (TPSA) is 12.0 Å². The third-order valence-corrected chi connectivity index (χ3v) is 4.06. The van der Waals surface area contributed by atoms with Crippen molar-refractivity contribution in [2.45, 2.75) is 66.3 Å². The second-order valence-electron chi connectivity index (χ2n) is 7.35. The fourth-order valence-electron chi connectivity index (χ4n) is 2.63. The van der Waals surface area contributed by atoms with Gasteiger partial charge in [-0.3, -0.25) is 0 Å². The van der Waals surface area contributed by atoms with Crippen molar-refractivity contribution in [1.29, 1.82) is 0 Å². The predicted molar refractivity (Wildman–Crippen MR) is 90.2 cm³/mol. The van der Waals surface area contributed by atoms with Crippen LogP contribution in [0.25, 0.3) is 0 Å². The van der Waals surface area contributed by atoms with Gasteiger partial charge in [-0.1, -0.05) is 56.5 Å². The van der Waals surface area contributed by atoms with E-state index in [1.54, 1.807) is 0 Å². The van der Waals surface area contributed by atoms with E-state index in [-0.39, 0.29) is 5.54 Å². The Kier molecular flexibility index (Phi) is 6.75. The number of benzene rings is 1. The molecule has 1 N–H and O–H groups in total. The van der Waals surface area contributed by atoms with E-state index in [0.717, 1.165) is 18.4 Å². The van der Waals surface area contributed by atoms with Gasteiger partial charge < -0.3 is 5.32 Å². The summed E-state index contributed by atoms with van der Waals surface area (Å²) < 4.78 is 0. The van der Waals surface area contributed by atoms with Gasteiger partial charge in [0.2, 0.25) is 0 Å². The summed E-state index contributed by atoms with van der Waals surface area (Å²) in [6, 6.07) is 9.04. The van der Waals surface area contributed by atoms with E-state index in [9.17, 15) is 0 Å². The molecule has 1 rings (SSSR count). The Morgan fingerprint density at radius 2 is 1.70 bits per heavy atom. The summed E-state index contributed by atoms with van der Waals surface area (Å²) >= 11 is 0. The van der Waals surface area contributed by atoms with Gasteiger partial charge in [-0.25, -0.2) is 0 Å². The zero-order chi connectivity index (χ0) is 15.2.